The van der Waals surface area contributed by atoms with Crippen molar-refractivity contribution in [2.24, 2.45) is 0 Å². The molecule has 6 nitrogen and oxygen atoms in total. The average molecular weight is 253 g/mol. The Morgan fingerprint density at radius 3 is 2.26 bits per heavy atom. The van der Waals surface area contributed by atoms with Crippen LogP contribution in [0.4, 0.5) is 17.3 Å². The maximum absolute atomic E-state index is 10.8. The van der Waals surface area contributed by atoms with Crippen molar-refractivity contribution < 1.29 is 4.79 Å². The summed E-state index contributed by atoms with van der Waals surface area (Å²) in [5.41, 5.74) is 1.40. The largest absolute Gasteiger partial charge is 0.339 e. The van der Waals surface area contributed by atoms with Gasteiger partial charge in [0.2, 0.25) is 5.91 Å². The Labute approximate surface area is 110 Å². The Kier molecular flexibility index (Phi) is 3.69. The number of carbonyl (C=O) groups is 1. The van der Waals surface area contributed by atoms with Gasteiger partial charge in [-0.2, -0.15) is 5.26 Å². The van der Waals surface area contributed by atoms with E-state index in [1.165, 1.54) is 6.92 Å². The van der Waals surface area contributed by atoms with E-state index in [0.717, 1.165) is 5.69 Å². The lowest BCUT2D eigenvalue weighted by molar-refractivity contribution is -0.114. The Morgan fingerprint density at radius 2 is 1.74 bits per heavy atom. The van der Waals surface area contributed by atoms with E-state index in [4.69, 9.17) is 5.26 Å². The van der Waals surface area contributed by atoms with Crippen molar-refractivity contribution in [2.45, 2.75) is 6.92 Å². The van der Waals surface area contributed by atoms with Crippen LogP contribution in [-0.2, 0) is 4.79 Å². The van der Waals surface area contributed by atoms with Gasteiger partial charge in [0.15, 0.2) is 11.6 Å². The summed E-state index contributed by atoms with van der Waals surface area (Å²) >= 11 is 0. The molecule has 0 bridgehead atoms. The Morgan fingerprint density at radius 1 is 1.11 bits per heavy atom. The van der Waals surface area contributed by atoms with Gasteiger partial charge in [-0.3, -0.25) is 4.79 Å². The first-order chi connectivity index (χ1) is 9.17. The number of carbonyl (C=O) groups excluding carboxylic acids is 1. The van der Waals surface area contributed by atoms with Crippen LogP contribution in [0.1, 0.15) is 12.5 Å². The molecule has 0 aliphatic carbocycles. The SMILES string of the molecule is CC(=O)Nc1ccc(Nc2ccc(C#N)cc2)nn1. The number of nitrogens with zero attached hydrogens (tertiary/aromatic N) is 3. The van der Waals surface area contributed by atoms with Gasteiger partial charge in [-0.15, -0.1) is 10.2 Å². The molecule has 2 N–H and O–H groups in total. The molecule has 0 unspecified atom stereocenters. The van der Waals surface area contributed by atoms with Crippen molar-refractivity contribution in [2.75, 3.05) is 10.6 Å². The molecule has 6 heteroatoms. The van der Waals surface area contributed by atoms with Crippen molar-refractivity contribution in [3.63, 3.8) is 0 Å². The molecule has 94 valence electrons. The second-order valence-corrected chi connectivity index (χ2v) is 3.80. The highest BCUT2D eigenvalue weighted by atomic mass is 16.1. The minimum Gasteiger partial charge on any atom is -0.339 e. The summed E-state index contributed by atoms with van der Waals surface area (Å²) in [5, 5.41) is 22.0. The number of nitriles is 1. The summed E-state index contributed by atoms with van der Waals surface area (Å²) in [4.78, 5) is 10.8. The average Bonchev–Trinajstić information content (AvgIpc) is 2.41. The first-order valence-electron chi connectivity index (χ1n) is 5.56. The van der Waals surface area contributed by atoms with E-state index in [9.17, 15) is 4.79 Å². The van der Waals surface area contributed by atoms with Crippen LogP contribution in [0.25, 0.3) is 0 Å². The fourth-order valence-corrected chi connectivity index (χ4v) is 1.42. The van der Waals surface area contributed by atoms with Crippen LogP contribution in [-0.4, -0.2) is 16.1 Å². The standard InChI is InChI=1S/C13H11N5O/c1-9(19)15-12-6-7-13(18-17-12)16-11-4-2-10(8-14)3-5-11/h2-7H,1H3,(H,16,18)(H,15,17,19). The number of anilines is 3. The minimum atomic E-state index is -0.192. The van der Waals surface area contributed by atoms with Crippen LogP contribution in [0.15, 0.2) is 36.4 Å². The maximum Gasteiger partial charge on any atom is 0.222 e. The molecule has 0 spiro atoms. The second-order valence-electron chi connectivity index (χ2n) is 3.80. The van der Waals surface area contributed by atoms with Crippen LogP contribution in [0.3, 0.4) is 0 Å². The van der Waals surface area contributed by atoms with Gasteiger partial charge in [-0.25, -0.2) is 0 Å². The second kappa shape index (κ2) is 5.60. The van der Waals surface area contributed by atoms with Crippen molar-refractivity contribution in [3.05, 3.63) is 42.0 Å². The summed E-state index contributed by atoms with van der Waals surface area (Å²) in [7, 11) is 0. The molecule has 0 atom stereocenters. The van der Waals surface area contributed by atoms with Gasteiger partial charge in [0.05, 0.1) is 11.6 Å². The third-order valence-corrected chi connectivity index (χ3v) is 2.26. The van der Waals surface area contributed by atoms with E-state index in [-0.39, 0.29) is 5.91 Å². The predicted molar refractivity (Wildman–Crippen MR) is 70.8 cm³/mol. The third kappa shape index (κ3) is 3.51. The minimum absolute atomic E-state index is 0.192. The van der Waals surface area contributed by atoms with Crippen LogP contribution in [0.2, 0.25) is 0 Å². The zero-order valence-corrected chi connectivity index (χ0v) is 10.2. The van der Waals surface area contributed by atoms with E-state index in [2.05, 4.69) is 20.8 Å². The molecule has 0 aliphatic heterocycles. The van der Waals surface area contributed by atoms with Crippen LogP contribution in [0.5, 0.6) is 0 Å². The molecule has 1 amide bonds. The molecule has 1 aromatic heterocycles. The summed E-state index contributed by atoms with van der Waals surface area (Å²) < 4.78 is 0. The lowest BCUT2D eigenvalue weighted by Crippen LogP contribution is -2.08. The van der Waals surface area contributed by atoms with Crippen molar-refractivity contribution in [1.82, 2.24) is 10.2 Å². The lowest BCUT2D eigenvalue weighted by atomic mass is 10.2. The van der Waals surface area contributed by atoms with Gasteiger partial charge in [0.25, 0.3) is 0 Å². The Bertz CT molecular complexity index is 613. The van der Waals surface area contributed by atoms with E-state index in [1.807, 2.05) is 6.07 Å². The van der Waals surface area contributed by atoms with Crippen LogP contribution in [0, 0.1) is 11.3 Å². The Hall–Kier alpha value is -2.94. The molecule has 2 rings (SSSR count). The van der Waals surface area contributed by atoms with Gasteiger partial charge in [0.1, 0.15) is 0 Å². The molecule has 0 fully saturated rings. The van der Waals surface area contributed by atoms with Gasteiger partial charge < -0.3 is 10.6 Å². The molecule has 0 saturated carbocycles. The van der Waals surface area contributed by atoms with Crippen molar-refractivity contribution in [1.29, 1.82) is 5.26 Å². The van der Waals surface area contributed by atoms with E-state index < -0.39 is 0 Å². The quantitative estimate of drug-likeness (QED) is 0.873. The molecular formula is C13H11N5O. The highest BCUT2D eigenvalue weighted by molar-refractivity contribution is 5.87. The summed E-state index contributed by atoms with van der Waals surface area (Å²) in [6.45, 7) is 1.41. The van der Waals surface area contributed by atoms with Crippen LogP contribution < -0.4 is 10.6 Å². The number of rotatable bonds is 3. The molecule has 0 aliphatic rings. The summed E-state index contributed by atoms with van der Waals surface area (Å²) in [5.74, 6) is 0.763. The molecule has 1 aromatic carbocycles. The summed E-state index contributed by atoms with van der Waals surface area (Å²) in [6, 6.07) is 12.4. The normalized spacial score (nSPS) is 9.47. The zero-order valence-electron chi connectivity index (χ0n) is 10.2. The molecule has 19 heavy (non-hydrogen) atoms. The number of amides is 1. The molecule has 1 heterocycles. The number of benzene rings is 1. The molecule has 0 radical (unpaired) electrons. The predicted octanol–water partition coefficient (Wildman–Crippen LogP) is 2.05. The van der Waals surface area contributed by atoms with E-state index in [1.54, 1.807) is 36.4 Å². The first-order valence-corrected chi connectivity index (χ1v) is 5.56. The first kappa shape index (κ1) is 12.5. The highest BCUT2D eigenvalue weighted by Crippen LogP contribution is 2.15. The lowest BCUT2D eigenvalue weighted by Gasteiger charge is -2.05. The summed E-state index contributed by atoms with van der Waals surface area (Å²) in [6.07, 6.45) is 0. The fraction of sp³-hybridized carbons (Fsp3) is 0.0769. The Balaban J connectivity index is 2.06. The molecule has 0 saturated heterocycles. The monoisotopic (exact) mass is 253 g/mol. The van der Waals surface area contributed by atoms with E-state index in [0.29, 0.717) is 17.2 Å². The fourth-order valence-electron chi connectivity index (χ4n) is 1.42. The topological polar surface area (TPSA) is 90.7 Å². The van der Waals surface area contributed by atoms with Gasteiger partial charge in [0, 0.05) is 12.6 Å². The van der Waals surface area contributed by atoms with E-state index >= 15 is 0 Å². The highest BCUT2D eigenvalue weighted by Gasteiger charge is 2.00. The van der Waals surface area contributed by atoms with Crippen LogP contribution >= 0.6 is 0 Å². The van der Waals surface area contributed by atoms with Crippen molar-refractivity contribution >= 4 is 23.2 Å². The number of hydrogen-bond acceptors (Lipinski definition) is 5. The third-order valence-electron chi connectivity index (χ3n) is 2.26. The zero-order chi connectivity index (χ0) is 13.7. The number of aromatic nitrogens is 2. The smallest absolute Gasteiger partial charge is 0.222 e. The molecule has 2 aromatic rings. The number of nitrogens with one attached hydrogen (secondary N) is 2. The molecular weight excluding hydrogens is 242 g/mol. The maximum atomic E-state index is 10.8. The van der Waals surface area contributed by atoms with Crippen molar-refractivity contribution in [3.8, 4) is 6.07 Å². The van der Waals surface area contributed by atoms with Gasteiger partial charge in [-0.1, -0.05) is 0 Å². The van der Waals surface area contributed by atoms with Gasteiger partial charge in [-0.05, 0) is 36.4 Å². The van der Waals surface area contributed by atoms with Gasteiger partial charge >= 0.3 is 0 Å². The number of hydrogen-bond donors (Lipinski definition) is 2.